The van der Waals surface area contributed by atoms with Crippen molar-refractivity contribution < 1.29 is 0 Å². The van der Waals surface area contributed by atoms with Gasteiger partial charge in [0, 0.05) is 39.8 Å². The molecule has 4 heteroatoms. The van der Waals surface area contributed by atoms with Gasteiger partial charge in [-0.05, 0) is 16.8 Å². The first-order valence-electron chi connectivity index (χ1n) is 8.42. The quantitative estimate of drug-likeness (QED) is 0.386. The Morgan fingerprint density at radius 3 is 2.65 bits per heavy atom. The van der Waals surface area contributed by atoms with Crippen LogP contribution in [-0.2, 0) is 0 Å². The Morgan fingerprint density at radius 1 is 0.885 bits per heavy atom. The maximum atomic E-state index is 4.72. The summed E-state index contributed by atoms with van der Waals surface area (Å²) >= 11 is 1.56. The van der Waals surface area contributed by atoms with Gasteiger partial charge in [-0.3, -0.25) is 0 Å². The molecule has 0 aliphatic heterocycles. The first-order valence-corrected chi connectivity index (χ1v) is 9.30. The van der Waals surface area contributed by atoms with Crippen LogP contribution < -0.4 is 0 Å². The summed E-state index contributed by atoms with van der Waals surface area (Å²) < 4.78 is 0. The number of para-hydroxylation sites is 1. The molecule has 5 rings (SSSR count). The number of fused-ring (bicyclic) bond motifs is 2. The summed E-state index contributed by atoms with van der Waals surface area (Å²) in [6.45, 7) is 0. The lowest BCUT2D eigenvalue weighted by atomic mass is 10.0. The Bertz CT molecular complexity index is 1240. The third kappa shape index (κ3) is 2.61. The zero-order valence-corrected chi connectivity index (χ0v) is 14.7. The predicted molar refractivity (Wildman–Crippen MR) is 111 cm³/mol. The van der Waals surface area contributed by atoms with Gasteiger partial charge in [-0.15, -0.1) is 11.3 Å². The van der Waals surface area contributed by atoms with Crippen LogP contribution in [0.25, 0.3) is 32.9 Å². The number of benzene rings is 3. The van der Waals surface area contributed by atoms with Gasteiger partial charge in [0.25, 0.3) is 0 Å². The Hall–Kier alpha value is -3.24. The number of hydrogen-bond donors (Lipinski definition) is 1. The summed E-state index contributed by atoms with van der Waals surface area (Å²) in [5, 5.41) is 6.44. The molecule has 5 aromatic rings. The summed E-state index contributed by atoms with van der Waals surface area (Å²) in [6.07, 6.45) is 3.86. The second-order valence-electron chi connectivity index (χ2n) is 6.09. The first-order chi connectivity index (χ1) is 12.9. The second kappa shape index (κ2) is 6.24. The van der Waals surface area contributed by atoms with Gasteiger partial charge in [0.05, 0.1) is 5.69 Å². The third-order valence-corrected chi connectivity index (χ3v) is 5.24. The van der Waals surface area contributed by atoms with Crippen LogP contribution in [0.4, 0.5) is 5.13 Å². The van der Waals surface area contributed by atoms with Crippen molar-refractivity contribution in [2.75, 3.05) is 0 Å². The Kier molecular flexibility index (Phi) is 3.61. The van der Waals surface area contributed by atoms with Crippen LogP contribution in [0.2, 0.25) is 0 Å². The molecule has 0 spiro atoms. The zero-order valence-electron chi connectivity index (χ0n) is 13.9. The molecule has 0 fully saturated rings. The van der Waals surface area contributed by atoms with Gasteiger partial charge in [0.15, 0.2) is 0 Å². The SMILES string of the molecule is C(=N\c1nc(-c2cccc3ccccc23)cs1)/c1c[nH]c2ccccc12. The molecular weight excluding hydrogens is 338 g/mol. The van der Waals surface area contributed by atoms with Crippen molar-refractivity contribution in [2.24, 2.45) is 4.99 Å². The first kappa shape index (κ1) is 15.0. The van der Waals surface area contributed by atoms with Crippen LogP contribution in [0.1, 0.15) is 5.56 Å². The molecule has 2 heterocycles. The van der Waals surface area contributed by atoms with Gasteiger partial charge in [0.1, 0.15) is 0 Å². The fourth-order valence-corrected chi connectivity index (χ4v) is 3.88. The van der Waals surface area contributed by atoms with Gasteiger partial charge in [-0.2, -0.15) is 0 Å². The van der Waals surface area contributed by atoms with Crippen LogP contribution >= 0.6 is 11.3 Å². The lowest BCUT2D eigenvalue weighted by Crippen LogP contribution is -1.81. The van der Waals surface area contributed by atoms with E-state index in [4.69, 9.17) is 4.98 Å². The predicted octanol–water partition coefficient (Wildman–Crippen LogP) is 6.20. The summed E-state index contributed by atoms with van der Waals surface area (Å²) in [6, 6.07) is 22.9. The van der Waals surface area contributed by atoms with E-state index in [0.717, 1.165) is 27.5 Å². The molecule has 0 atom stereocenters. The molecule has 3 nitrogen and oxygen atoms in total. The number of thiazole rings is 1. The molecule has 0 bridgehead atoms. The molecule has 0 amide bonds. The van der Waals surface area contributed by atoms with Crippen LogP contribution in [0.3, 0.4) is 0 Å². The van der Waals surface area contributed by atoms with Crippen molar-refractivity contribution in [3.8, 4) is 11.3 Å². The molecule has 0 saturated carbocycles. The van der Waals surface area contributed by atoms with Gasteiger partial charge < -0.3 is 4.98 Å². The minimum atomic E-state index is 0.762. The Morgan fingerprint density at radius 2 is 1.69 bits per heavy atom. The molecule has 0 saturated heterocycles. The highest BCUT2D eigenvalue weighted by molar-refractivity contribution is 7.13. The van der Waals surface area contributed by atoms with Crippen LogP contribution in [0.5, 0.6) is 0 Å². The summed E-state index contributed by atoms with van der Waals surface area (Å²) in [4.78, 5) is 12.6. The van der Waals surface area contributed by atoms with E-state index in [1.807, 2.05) is 24.5 Å². The summed E-state index contributed by atoms with van der Waals surface area (Å²) in [5.74, 6) is 0. The molecule has 26 heavy (non-hydrogen) atoms. The van der Waals surface area contributed by atoms with E-state index in [-0.39, 0.29) is 0 Å². The van der Waals surface area contributed by atoms with Crippen molar-refractivity contribution in [1.29, 1.82) is 0 Å². The second-order valence-corrected chi connectivity index (χ2v) is 6.93. The number of aliphatic imine (C=N–C) groups is 1. The lowest BCUT2D eigenvalue weighted by molar-refractivity contribution is 1.36. The van der Waals surface area contributed by atoms with E-state index in [9.17, 15) is 0 Å². The van der Waals surface area contributed by atoms with Crippen molar-refractivity contribution in [1.82, 2.24) is 9.97 Å². The molecule has 3 aromatic carbocycles. The van der Waals surface area contributed by atoms with E-state index in [2.05, 4.69) is 70.0 Å². The Balaban J connectivity index is 1.50. The van der Waals surface area contributed by atoms with Gasteiger partial charge in [-0.1, -0.05) is 60.7 Å². The highest BCUT2D eigenvalue weighted by Crippen LogP contribution is 2.32. The van der Waals surface area contributed by atoms with Crippen molar-refractivity contribution in [3.63, 3.8) is 0 Å². The maximum Gasteiger partial charge on any atom is 0.209 e. The van der Waals surface area contributed by atoms with Crippen LogP contribution in [0.15, 0.2) is 83.3 Å². The minimum Gasteiger partial charge on any atom is -0.361 e. The topological polar surface area (TPSA) is 41.0 Å². The molecular formula is C22H15N3S. The number of rotatable bonds is 3. The Labute approximate surface area is 154 Å². The van der Waals surface area contributed by atoms with Crippen molar-refractivity contribution in [2.45, 2.75) is 0 Å². The molecule has 2 aromatic heterocycles. The largest absolute Gasteiger partial charge is 0.361 e. The molecule has 1 N–H and O–H groups in total. The minimum absolute atomic E-state index is 0.762. The van der Waals surface area contributed by atoms with E-state index in [1.165, 1.54) is 16.2 Å². The number of nitrogens with one attached hydrogen (secondary N) is 1. The number of hydrogen-bond acceptors (Lipinski definition) is 3. The van der Waals surface area contributed by atoms with E-state index in [1.54, 1.807) is 11.3 Å². The molecule has 0 aliphatic rings. The molecule has 0 aliphatic carbocycles. The fourth-order valence-electron chi connectivity index (χ4n) is 3.22. The standard InChI is InChI=1S/C22H15N3S/c1-2-8-17-15(6-1)7-5-10-19(17)21-14-26-22(25-21)24-13-16-12-23-20-11-4-3-9-18(16)20/h1-14,23H/b24-13+. The van der Waals surface area contributed by atoms with E-state index in [0.29, 0.717) is 0 Å². The van der Waals surface area contributed by atoms with Crippen LogP contribution in [-0.4, -0.2) is 16.2 Å². The van der Waals surface area contributed by atoms with Gasteiger partial charge in [-0.25, -0.2) is 9.98 Å². The number of nitrogens with zero attached hydrogens (tertiary/aromatic N) is 2. The number of H-pyrrole nitrogens is 1. The van der Waals surface area contributed by atoms with Crippen molar-refractivity contribution in [3.05, 3.63) is 83.9 Å². The van der Waals surface area contributed by atoms with Crippen LogP contribution in [0, 0.1) is 0 Å². The highest BCUT2D eigenvalue weighted by atomic mass is 32.1. The lowest BCUT2D eigenvalue weighted by Gasteiger charge is -2.03. The normalized spacial score (nSPS) is 11.7. The fraction of sp³-hybridized carbons (Fsp3) is 0. The van der Waals surface area contributed by atoms with Gasteiger partial charge in [0.2, 0.25) is 5.13 Å². The average molecular weight is 353 g/mol. The van der Waals surface area contributed by atoms with E-state index >= 15 is 0 Å². The number of aromatic nitrogens is 2. The smallest absolute Gasteiger partial charge is 0.209 e. The molecule has 0 unspecified atom stereocenters. The summed E-state index contributed by atoms with van der Waals surface area (Å²) in [5.41, 5.74) is 4.30. The zero-order chi connectivity index (χ0) is 17.3. The molecule has 0 radical (unpaired) electrons. The molecule has 124 valence electrons. The number of aromatic amines is 1. The summed E-state index contributed by atoms with van der Waals surface area (Å²) in [7, 11) is 0. The average Bonchev–Trinajstić information content (AvgIpc) is 3.33. The monoisotopic (exact) mass is 353 g/mol. The maximum absolute atomic E-state index is 4.72. The third-order valence-electron chi connectivity index (χ3n) is 4.49. The van der Waals surface area contributed by atoms with E-state index < -0.39 is 0 Å². The highest BCUT2D eigenvalue weighted by Gasteiger charge is 2.07. The van der Waals surface area contributed by atoms with Crippen molar-refractivity contribution >= 4 is 44.4 Å². The van der Waals surface area contributed by atoms with Gasteiger partial charge >= 0.3 is 0 Å².